The largest absolute Gasteiger partial charge is 0.354 e. The molecular weight excluding hydrogens is 214 g/mol. The van der Waals surface area contributed by atoms with E-state index < -0.39 is 6.29 Å². The molecule has 86 valence electrons. The summed E-state index contributed by atoms with van der Waals surface area (Å²) < 4.78 is 10.2. The van der Waals surface area contributed by atoms with Gasteiger partial charge in [0.2, 0.25) is 0 Å². The van der Waals surface area contributed by atoms with E-state index in [-0.39, 0.29) is 18.4 Å². The Morgan fingerprint density at radius 2 is 1.53 bits per heavy atom. The van der Waals surface area contributed by atoms with E-state index in [1.54, 1.807) is 14.2 Å². The first kappa shape index (κ1) is 14.4. The van der Waals surface area contributed by atoms with E-state index in [1.807, 2.05) is 31.2 Å². The Labute approximate surface area is 97.0 Å². The average molecular weight is 232 g/mol. The number of halogens is 1. The van der Waals surface area contributed by atoms with Crippen molar-refractivity contribution in [1.82, 2.24) is 0 Å². The molecule has 0 saturated carbocycles. The third-order valence-electron chi connectivity index (χ3n) is 2.22. The zero-order chi connectivity index (χ0) is 10.6. The Morgan fingerprint density at radius 1 is 1.07 bits per heavy atom. The van der Waals surface area contributed by atoms with Crippen LogP contribution >= 0.6 is 12.4 Å². The molecule has 0 spiro atoms. The summed E-state index contributed by atoms with van der Waals surface area (Å²) >= 11 is 0. The van der Waals surface area contributed by atoms with Crippen LogP contribution in [0.15, 0.2) is 24.3 Å². The third-order valence-corrected chi connectivity index (χ3v) is 2.22. The van der Waals surface area contributed by atoms with Crippen molar-refractivity contribution in [3.8, 4) is 0 Å². The number of hydrogen-bond donors (Lipinski definition) is 1. The van der Waals surface area contributed by atoms with E-state index in [4.69, 9.17) is 15.2 Å². The van der Waals surface area contributed by atoms with Crippen LogP contribution in [0, 0.1) is 6.92 Å². The lowest BCUT2D eigenvalue weighted by molar-refractivity contribution is -0.117. The van der Waals surface area contributed by atoms with Crippen LogP contribution < -0.4 is 5.73 Å². The fourth-order valence-corrected chi connectivity index (χ4v) is 1.34. The standard InChI is InChI=1S/C11H17NO2.ClH/c1-8-4-6-9(7-5-8)10(12)11(13-2)14-3;/h4-7,10-11H,12H2,1-3H3;1H. The van der Waals surface area contributed by atoms with E-state index in [9.17, 15) is 0 Å². The fraction of sp³-hybridized carbons (Fsp3) is 0.455. The predicted molar refractivity (Wildman–Crippen MR) is 63.2 cm³/mol. The van der Waals surface area contributed by atoms with Gasteiger partial charge in [0.15, 0.2) is 6.29 Å². The summed E-state index contributed by atoms with van der Waals surface area (Å²) in [5, 5.41) is 0. The van der Waals surface area contributed by atoms with Crippen LogP contribution in [0.2, 0.25) is 0 Å². The van der Waals surface area contributed by atoms with Crippen molar-refractivity contribution in [2.75, 3.05) is 14.2 Å². The van der Waals surface area contributed by atoms with Crippen molar-refractivity contribution in [3.05, 3.63) is 35.4 Å². The van der Waals surface area contributed by atoms with Gasteiger partial charge in [-0.2, -0.15) is 0 Å². The first-order valence-corrected chi connectivity index (χ1v) is 4.56. The summed E-state index contributed by atoms with van der Waals surface area (Å²) in [6, 6.07) is 7.79. The molecule has 15 heavy (non-hydrogen) atoms. The lowest BCUT2D eigenvalue weighted by Gasteiger charge is -2.21. The minimum absolute atomic E-state index is 0. The van der Waals surface area contributed by atoms with E-state index in [0.29, 0.717) is 0 Å². The first-order chi connectivity index (χ1) is 6.69. The van der Waals surface area contributed by atoms with Gasteiger partial charge in [0.05, 0.1) is 6.04 Å². The smallest absolute Gasteiger partial charge is 0.175 e. The molecule has 0 radical (unpaired) electrons. The molecule has 3 nitrogen and oxygen atoms in total. The van der Waals surface area contributed by atoms with Gasteiger partial charge in [0.25, 0.3) is 0 Å². The van der Waals surface area contributed by atoms with Crippen LogP contribution in [0.5, 0.6) is 0 Å². The Hall–Kier alpha value is -0.610. The molecule has 1 aromatic carbocycles. The van der Waals surface area contributed by atoms with Gasteiger partial charge < -0.3 is 15.2 Å². The maximum atomic E-state index is 5.96. The Morgan fingerprint density at radius 3 is 1.93 bits per heavy atom. The zero-order valence-corrected chi connectivity index (χ0v) is 10.1. The van der Waals surface area contributed by atoms with Gasteiger partial charge in [-0.15, -0.1) is 12.4 Å². The van der Waals surface area contributed by atoms with Crippen molar-refractivity contribution < 1.29 is 9.47 Å². The monoisotopic (exact) mass is 231 g/mol. The maximum Gasteiger partial charge on any atom is 0.175 e. The molecule has 0 aromatic heterocycles. The molecule has 1 aromatic rings. The second-order valence-corrected chi connectivity index (χ2v) is 3.28. The molecule has 0 aliphatic heterocycles. The summed E-state index contributed by atoms with van der Waals surface area (Å²) in [5.74, 6) is 0. The van der Waals surface area contributed by atoms with Gasteiger partial charge in [0.1, 0.15) is 0 Å². The van der Waals surface area contributed by atoms with Gasteiger partial charge in [-0.1, -0.05) is 29.8 Å². The van der Waals surface area contributed by atoms with Gasteiger partial charge in [-0.3, -0.25) is 0 Å². The topological polar surface area (TPSA) is 44.5 Å². The summed E-state index contributed by atoms with van der Waals surface area (Å²) in [4.78, 5) is 0. The van der Waals surface area contributed by atoms with Crippen LogP contribution in [0.4, 0.5) is 0 Å². The number of hydrogen-bond acceptors (Lipinski definition) is 3. The minimum Gasteiger partial charge on any atom is -0.354 e. The molecular formula is C11H18ClNO2. The number of rotatable bonds is 4. The highest BCUT2D eigenvalue weighted by atomic mass is 35.5. The summed E-state index contributed by atoms with van der Waals surface area (Å²) in [7, 11) is 3.17. The van der Waals surface area contributed by atoms with Gasteiger partial charge in [0, 0.05) is 14.2 Å². The van der Waals surface area contributed by atoms with Gasteiger partial charge >= 0.3 is 0 Å². The van der Waals surface area contributed by atoms with Crippen molar-refractivity contribution in [2.24, 2.45) is 5.73 Å². The second kappa shape index (κ2) is 6.80. The van der Waals surface area contributed by atoms with E-state index in [0.717, 1.165) is 5.56 Å². The van der Waals surface area contributed by atoms with Crippen LogP contribution in [0.25, 0.3) is 0 Å². The third kappa shape index (κ3) is 3.80. The summed E-state index contributed by atoms with van der Waals surface area (Å²) in [6.45, 7) is 2.04. The molecule has 0 amide bonds. The quantitative estimate of drug-likeness (QED) is 0.807. The molecule has 1 unspecified atom stereocenters. The summed E-state index contributed by atoms with van der Waals surface area (Å²) in [5.41, 5.74) is 8.19. The molecule has 1 rings (SSSR count). The van der Waals surface area contributed by atoms with E-state index >= 15 is 0 Å². The molecule has 0 fully saturated rings. The molecule has 0 heterocycles. The molecule has 0 bridgehead atoms. The lowest BCUT2D eigenvalue weighted by Crippen LogP contribution is -2.29. The van der Waals surface area contributed by atoms with Crippen molar-refractivity contribution in [2.45, 2.75) is 19.3 Å². The Balaban J connectivity index is 0.00000196. The minimum atomic E-state index is -0.391. The Kier molecular flexibility index (Phi) is 6.52. The highest BCUT2D eigenvalue weighted by Crippen LogP contribution is 2.17. The van der Waals surface area contributed by atoms with Crippen LogP contribution in [0.3, 0.4) is 0 Å². The maximum absolute atomic E-state index is 5.96. The molecule has 0 aliphatic rings. The second-order valence-electron chi connectivity index (χ2n) is 3.28. The van der Waals surface area contributed by atoms with E-state index in [2.05, 4.69) is 0 Å². The first-order valence-electron chi connectivity index (χ1n) is 4.56. The molecule has 0 aliphatic carbocycles. The molecule has 2 N–H and O–H groups in total. The molecule has 1 atom stereocenters. The number of nitrogens with two attached hydrogens (primary N) is 1. The predicted octanol–water partition coefficient (Wildman–Crippen LogP) is 2.04. The van der Waals surface area contributed by atoms with Crippen molar-refractivity contribution in [1.29, 1.82) is 0 Å². The van der Waals surface area contributed by atoms with Gasteiger partial charge in [-0.05, 0) is 12.5 Å². The number of benzene rings is 1. The molecule has 0 saturated heterocycles. The SMILES string of the molecule is COC(OC)C(N)c1ccc(C)cc1.Cl. The Bertz CT molecular complexity index is 272. The zero-order valence-electron chi connectivity index (χ0n) is 9.27. The normalized spacial score (nSPS) is 12.3. The van der Waals surface area contributed by atoms with E-state index in [1.165, 1.54) is 5.56 Å². The summed E-state index contributed by atoms with van der Waals surface area (Å²) in [6.07, 6.45) is -0.391. The van der Waals surface area contributed by atoms with Crippen molar-refractivity contribution >= 4 is 12.4 Å². The number of ether oxygens (including phenoxy) is 2. The van der Waals surface area contributed by atoms with Crippen molar-refractivity contribution in [3.63, 3.8) is 0 Å². The van der Waals surface area contributed by atoms with Crippen LogP contribution in [-0.4, -0.2) is 20.5 Å². The number of methoxy groups -OCH3 is 2. The fourth-order valence-electron chi connectivity index (χ4n) is 1.34. The highest BCUT2D eigenvalue weighted by molar-refractivity contribution is 5.85. The van der Waals surface area contributed by atoms with Crippen LogP contribution in [0.1, 0.15) is 17.2 Å². The highest BCUT2D eigenvalue weighted by Gasteiger charge is 2.17. The average Bonchev–Trinajstić information content (AvgIpc) is 2.20. The molecule has 4 heteroatoms. The lowest BCUT2D eigenvalue weighted by atomic mass is 10.1. The van der Waals surface area contributed by atoms with Crippen LogP contribution in [-0.2, 0) is 9.47 Å². The number of aryl methyl sites for hydroxylation is 1. The van der Waals surface area contributed by atoms with Gasteiger partial charge in [-0.25, -0.2) is 0 Å².